The highest BCUT2D eigenvalue weighted by molar-refractivity contribution is 5.75. The summed E-state index contributed by atoms with van der Waals surface area (Å²) < 4.78 is 45.0. The normalized spacial score (nSPS) is 26.5. The minimum atomic E-state index is -1.56. The first-order valence-corrected chi connectivity index (χ1v) is 12.3. The number of halogens is 3. The van der Waals surface area contributed by atoms with Gasteiger partial charge in [-0.2, -0.15) is 0 Å². The predicted octanol–water partition coefficient (Wildman–Crippen LogP) is 7.82. The largest absolute Gasteiger partial charge is 0.426 e. The highest BCUT2D eigenvalue weighted by Gasteiger charge is 2.34. The molecule has 0 bridgehead atoms. The second kappa shape index (κ2) is 10.8. The van der Waals surface area contributed by atoms with E-state index in [2.05, 4.69) is 37.3 Å². The molecule has 0 saturated heterocycles. The van der Waals surface area contributed by atoms with Gasteiger partial charge in [0.2, 0.25) is 0 Å². The van der Waals surface area contributed by atoms with E-state index in [1.165, 1.54) is 37.7 Å². The molecule has 2 fully saturated rings. The summed E-state index contributed by atoms with van der Waals surface area (Å²) in [4.78, 5) is 12.5. The topological polar surface area (TPSA) is 26.3 Å². The van der Waals surface area contributed by atoms with E-state index < -0.39 is 23.4 Å². The van der Waals surface area contributed by atoms with Crippen molar-refractivity contribution in [2.45, 2.75) is 70.6 Å². The van der Waals surface area contributed by atoms with Gasteiger partial charge < -0.3 is 4.74 Å². The molecule has 2 aromatic carbocycles. The van der Waals surface area contributed by atoms with Gasteiger partial charge in [0.15, 0.2) is 17.5 Å². The second-order valence-corrected chi connectivity index (χ2v) is 10.1. The van der Waals surface area contributed by atoms with Gasteiger partial charge in [0.25, 0.3) is 0 Å². The maximum Gasteiger partial charge on any atom is 0.314 e. The van der Waals surface area contributed by atoms with Crippen molar-refractivity contribution in [3.05, 3.63) is 65.5 Å². The molecular weight excluding hydrogens is 425 g/mol. The van der Waals surface area contributed by atoms with Crippen molar-refractivity contribution >= 4 is 5.97 Å². The smallest absolute Gasteiger partial charge is 0.314 e. The number of esters is 1. The van der Waals surface area contributed by atoms with Crippen LogP contribution in [-0.4, -0.2) is 5.97 Å². The molecule has 2 aliphatic carbocycles. The zero-order valence-electron chi connectivity index (χ0n) is 19.2. The summed E-state index contributed by atoms with van der Waals surface area (Å²) in [7, 11) is 0. The Morgan fingerprint density at radius 2 is 1.42 bits per heavy atom. The van der Waals surface area contributed by atoms with Gasteiger partial charge in [0, 0.05) is 12.1 Å². The van der Waals surface area contributed by atoms with Crippen LogP contribution in [-0.2, 0) is 4.79 Å². The Balaban J connectivity index is 1.21. The Morgan fingerprint density at radius 1 is 0.879 bits per heavy atom. The van der Waals surface area contributed by atoms with E-state index >= 15 is 0 Å². The second-order valence-electron chi connectivity index (χ2n) is 10.1. The van der Waals surface area contributed by atoms with E-state index in [1.54, 1.807) is 0 Å². The lowest BCUT2D eigenvalue weighted by molar-refractivity contribution is -0.140. The van der Waals surface area contributed by atoms with Crippen LogP contribution in [0, 0.1) is 41.1 Å². The van der Waals surface area contributed by atoms with Crippen LogP contribution < -0.4 is 4.74 Å². The zero-order valence-corrected chi connectivity index (χ0v) is 19.2. The standard InChI is InChI=1S/C28H33F3O2/c1-18(20-5-3-2-4-6-20)15-19-7-9-21(10-8-19)22-11-13-23(14-12-22)28(32)33-24-16-25(29)27(31)26(30)17-24/h2-6,16-19,21-23H,7-15H2,1H3/t18-,19?,21?,22?,23?/m1/s1. The maximum atomic E-state index is 13.4. The van der Waals surface area contributed by atoms with Crippen molar-refractivity contribution in [2.24, 2.45) is 23.7 Å². The van der Waals surface area contributed by atoms with Gasteiger partial charge in [-0.05, 0) is 74.2 Å². The molecule has 33 heavy (non-hydrogen) atoms. The van der Waals surface area contributed by atoms with E-state index in [0.29, 0.717) is 11.8 Å². The fourth-order valence-electron chi connectivity index (χ4n) is 5.93. The average molecular weight is 459 g/mol. The third kappa shape index (κ3) is 5.99. The van der Waals surface area contributed by atoms with E-state index in [1.807, 2.05) is 0 Å². The molecule has 2 nitrogen and oxygen atoms in total. The highest BCUT2D eigenvalue weighted by Crippen LogP contribution is 2.43. The highest BCUT2D eigenvalue weighted by atomic mass is 19.2. The zero-order chi connectivity index (χ0) is 23.4. The van der Waals surface area contributed by atoms with Gasteiger partial charge in [-0.1, -0.05) is 50.1 Å². The number of ether oxygens (including phenoxy) is 1. The van der Waals surface area contributed by atoms with E-state index in [4.69, 9.17) is 4.74 Å². The summed E-state index contributed by atoms with van der Waals surface area (Å²) >= 11 is 0. The van der Waals surface area contributed by atoms with Crippen LogP contribution in [0.2, 0.25) is 0 Å². The summed E-state index contributed by atoms with van der Waals surface area (Å²) in [6.07, 6.45) is 9.79. The SMILES string of the molecule is C[C@H](CC1CCC(C2CCC(C(=O)Oc3cc(F)c(F)c(F)c3)CC2)CC1)c1ccccc1. The van der Waals surface area contributed by atoms with Gasteiger partial charge in [0.05, 0.1) is 5.92 Å². The molecule has 0 aromatic heterocycles. The fourth-order valence-corrected chi connectivity index (χ4v) is 5.93. The molecule has 0 radical (unpaired) electrons. The molecule has 0 amide bonds. The maximum absolute atomic E-state index is 13.4. The molecule has 2 aromatic rings. The molecule has 0 unspecified atom stereocenters. The first kappa shape index (κ1) is 23.8. The minimum absolute atomic E-state index is 0.263. The van der Waals surface area contributed by atoms with Crippen molar-refractivity contribution < 1.29 is 22.7 Å². The van der Waals surface area contributed by atoms with Crippen molar-refractivity contribution in [1.82, 2.24) is 0 Å². The van der Waals surface area contributed by atoms with Gasteiger partial charge >= 0.3 is 5.97 Å². The molecular formula is C28H33F3O2. The third-order valence-electron chi connectivity index (χ3n) is 7.89. The van der Waals surface area contributed by atoms with Gasteiger partial charge in [-0.25, -0.2) is 13.2 Å². The Bertz CT molecular complexity index is 906. The van der Waals surface area contributed by atoms with Crippen LogP contribution in [0.3, 0.4) is 0 Å². The molecule has 2 aliphatic rings. The number of hydrogen-bond acceptors (Lipinski definition) is 2. The number of rotatable bonds is 6. The van der Waals surface area contributed by atoms with Crippen LogP contribution >= 0.6 is 0 Å². The summed E-state index contributed by atoms with van der Waals surface area (Å²) in [5.41, 5.74) is 1.43. The van der Waals surface area contributed by atoms with Crippen LogP contribution in [0.4, 0.5) is 13.2 Å². The van der Waals surface area contributed by atoms with Gasteiger partial charge in [-0.15, -0.1) is 0 Å². The molecule has 0 N–H and O–H groups in total. The third-order valence-corrected chi connectivity index (χ3v) is 7.89. The van der Waals surface area contributed by atoms with Crippen molar-refractivity contribution in [3.63, 3.8) is 0 Å². The predicted molar refractivity (Wildman–Crippen MR) is 122 cm³/mol. The fraction of sp³-hybridized carbons (Fsp3) is 0.536. The van der Waals surface area contributed by atoms with Crippen molar-refractivity contribution in [3.8, 4) is 5.75 Å². The first-order chi connectivity index (χ1) is 15.9. The lowest BCUT2D eigenvalue weighted by atomic mass is 9.68. The monoisotopic (exact) mass is 458 g/mol. The van der Waals surface area contributed by atoms with E-state index in [0.717, 1.165) is 49.7 Å². The quantitative estimate of drug-likeness (QED) is 0.251. The van der Waals surface area contributed by atoms with Gasteiger partial charge in [-0.3, -0.25) is 4.79 Å². The Labute approximate surface area is 194 Å². The first-order valence-electron chi connectivity index (χ1n) is 12.3. The molecule has 5 heteroatoms. The lowest BCUT2D eigenvalue weighted by Gasteiger charge is -2.38. The number of carbonyl (C=O) groups is 1. The Hall–Kier alpha value is -2.30. The van der Waals surface area contributed by atoms with Crippen LogP contribution in [0.1, 0.15) is 76.2 Å². The molecule has 1 atom stereocenters. The molecule has 178 valence electrons. The molecule has 0 aliphatic heterocycles. The Kier molecular flexibility index (Phi) is 7.77. The van der Waals surface area contributed by atoms with Crippen molar-refractivity contribution in [1.29, 1.82) is 0 Å². The molecule has 0 spiro atoms. The van der Waals surface area contributed by atoms with Crippen LogP contribution in [0.25, 0.3) is 0 Å². The molecule has 4 rings (SSSR count). The minimum Gasteiger partial charge on any atom is -0.426 e. The molecule has 0 heterocycles. The van der Waals surface area contributed by atoms with E-state index in [9.17, 15) is 18.0 Å². The van der Waals surface area contributed by atoms with Crippen molar-refractivity contribution in [2.75, 3.05) is 0 Å². The average Bonchev–Trinajstić information content (AvgIpc) is 2.83. The Morgan fingerprint density at radius 3 is 2.00 bits per heavy atom. The number of benzene rings is 2. The van der Waals surface area contributed by atoms with Crippen LogP contribution in [0.15, 0.2) is 42.5 Å². The number of carbonyl (C=O) groups excluding carboxylic acids is 1. The summed E-state index contributed by atoms with van der Waals surface area (Å²) in [6, 6.07) is 12.2. The molecule has 2 saturated carbocycles. The van der Waals surface area contributed by atoms with Crippen LogP contribution in [0.5, 0.6) is 5.75 Å². The summed E-state index contributed by atoms with van der Waals surface area (Å²) in [5, 5.41) is 0. The van der Waals surface area contributed by atoms with Gasteiger partial charge in [0.1, 0.15) is 5.75 Å². The summed E-state index contributed by atoms with van der Waals surface area (Å²) in [6.45, 7) is 2.33. The summed E-state index contributed by atoms with van der Waals surface area (Å²) in [5.74, 6) is -2.52. The lowest BCUT2D eigenvalue weighted by Crippen LogP contribution is -2.30. The number of hydrogen-bond donors (Lipinski definition) is 0. The van der Waals surface area contributed by atoms with E-state index in [-0.39, 0.29) is 11.7 Å².